The molecule has 1 amide bonds. The van der Waals surface area contributed by atoms with Gasteiger partial charge in [-0.25, -0.2) is 8.42 Å². The molecule has 1 saturated heterocycles. The molecule has 8 heteroatoms. The fourth-order valence-corrected chi connectivity index (χ4v) is 5.24. The van der Waals surface area contributed by atoms with Gasteiger partial charge < -0.3 is 13.8 Å². The lowest BCUT2D eigenvalue weighted by Crippen LogP contribution is -2.40. The third-order valence-corrected chi connectivity index (χ3v) is 7.09. The van der Waals surface area contributed by atoms with E-state index in [1.165, 1.54) is 11.2 Å². The standard InChI is InChI=1S/C21H22N2O5S/c1-14-5-6-16(10-15(14)2)20-11-19(22-28-20)21(24)23(12-18-4-3-8-27-18)17-7-9-29(25,26)13-17/h3-6,8,10-11,17H,7,9,12-13H2,1-2H3/t17-/m0/s1. The second-order valence-corrected chi connectivity index (χ2v) is 9.67. The number of benzene rings is 1. The lowest BCUT2D eigenvalue weighted by molar-refractivity contribution is 0.0655. The van der Waals surface area contributed by atoms with E-state index in [4.69, 9.17) is 8.94 Å². The number of nitrogens with zero attached hydrogens (tertiary/aromatic N) is 2. The fraction of sp³-hybridized carbons (Fsp3) is 0.333. The summed E-state index contributed by atoms with van der Waals surface area (Å²) < 4.78 is 34.7. The SMILES string of the molecule is Cc1ccc(-c2cc(C(=O)N(Cc3ccco3)[C@H]3CCS(=O)(=O)C3)no2)cc1C. The highest BCUT2D eigenvalue weighted by Crippen LogP contribution is 2.26. The van der Waals surface area contributed by atoms with Crippen LogP contribution in [-0.4, -0.2) is 41.9 Å². The Morgan fingerprint density at radius 1 is 1.21 bits per heavy atom. The average Bonchev–Trinajstić information content (AvgIpc) is 3.42. The molecule has 4 rings (SSSR count). The molecular formula is C21H22N2O5S. The van der Waals surface area contributed by atoms with Crippen LogP contribution in [0.25, 0.3) is 11.3 Å². The normalized spacial score (nSPS) is 18.1. The third kappa shape index (κ3) is 4.12. The number of carbonyl (C=O) groups is 1. The summed E-state index contributed by atoms with van der Waals surface area (Å²) in [7, 11) is -3.15. The van der Waals surface area contributed by atoms with Gasteiger partial charge in [0.05, 0.1) is 24.3 Å². The number of rotatable bonds is 5. The van der Waals surface area contributed by atoms with E-state index in [0.29, 0.717) is 17.9 Å². The Labute approximate surface area is 169 Å². The molecule has 0 bridgehead atoms. The molecule has 0 aliphatic carbocycles. The minimum Gasteiger partial charge on any atom is -0.467 e. The monoisotopic (exact) mass is 414 g/mol. The minimum atomic E-state index is -3.15. The van der Waals surface area contributed by atoms with E-state index in [1.54, 1.807) is 18.2 Å². The van der Waals surface area contributed by atoms with Crippen molar-refractivity contribution >= 4 is 15.7 Å². The van der Waals surface area contributed by atoms with E-state index in [0.717, 1.165) is 16.7 Å². The lowest BCUT2D eigenvalue weighted by atomic mass is 10.0. The molecule has 152 valence electrons. The van der Waals surface area contributed by atoms with Gasteiger partial charge in [0.2, 0.25) is 0 Å². The summed E-state index contributed by atoms with van der Waals surface area (Å²) in [6, 6.07) is 10.6. The van der Waals surface area contributed by atoms with Crippen molar-refractivity contribution in [2.24, 2.45) is 0 Å². The molecule has 0 N–H and O–H groups in total. The highest BCUT2D eigenvalue weighted by Gasteiger charge is 2.36. The number of hydrogen-bond acceptors (Lipinski definition) is 6. The van der Waals surface area contributed by atoms with Gasteiger partial charge in [-0.2, -0.15) is 0 Å². The van der Waals surface area contributed by atoms with Crippen LogP contribution < -0.4 is 0 Å². The first-order valence-corrected chi connectivity index (χ1v) is 11.2. The Morgan fingerprint density at radius 2 is 2.03 bits per heavy atom. The third-order valence-electron chi connectivity index (χ3n) is 5.34. The Morgan fingerprint density at radius 3 is 2.69 bits per heavy atom. The van der Waals surface area contributed by atoms with Gasteiger partial charge in [0.1, 0.15) is 5.76 Å². The Bertz CT molecular complexity index is 1130. The van der Waals surface area contributed by atoms with Crippen LogP contribution in [0.15, 0.2) is 51.6 Å². The van der Waals surface area contributed by atoms with Gasteiger partial charge in [-0.05, 0) is 49.6 Å². The minimum absolute atomic E-state index is 0.0543. The van der Waals surface area contributed by atoms with Crippen LogP contribution in [-0.2, 0) is 16.4 Å². The van der Waals surface area contributed by atoms with Crippen molar-refractivity contribution < 1.29 is 22.2 Å². The molecule has 0 saturated carbocycles. The van der Waals surface area contributed by atoms with E-state index in [-0.39, 0.29) is 29.7 Å². The molecule has 0 unspecified atom stereocenters. The lowest BCUT2D eigenvalue weighted by Gasteiger charge is -2.26. The number of carbonyl (C=O) groups excluding carboxylic acids is 1. The second-order valence-electron chi connectivity index (χ2n) is 7.44. The van der Waals surface area contributed by atoms with Crippen LogP contribution in [0.4, 0.5) is 0 Å². The summed E-state index contributed by atoms with van der Waals surface area (Å²) in [5, 5.41) is 3.96. The maximum atomic E-state index is 13.2. The van der Waals surface area contributed by atoms with Crippen molar-refractivity contribution in [1.29, 1.82) is 0 Å². The quantitative estimate of drug-likeness (QED) is 0.635. The molecule has 2 aromatic heterocycles. The van der Waals surface area contributed by atoms with Crippen molar-refractivity contribution in [3.8, 4) is 11.3 Å². The zero-order chi connectivity index (χ0) is 20.6. The highest BCUT2D eigenvalue weighted by atomic mass is 32.2. The molecule has 1 aliphatic heterocycles. The molecule has 3 heterocycles. The molecule has 0 radical (unpaired) electrons. The number of aryl methyl sites for hydroxylation is 2. The first-order valence-electron chi connectivity index (χ1n) is 9.40. The van der Waals surface area contributed by atoms with Gasteiger partial charge in [0.25, 0.3) is 5.91 Å². The van der Waals surface area contributed by atoms with E-state index in [9.17, 15) is 13.2 Å². The maximum absolute atomic E-state index is 13.2. The molecule has 29 heavy (non-hydrogen) atoms. The second kappa shape index (κ2) is 7.51. The molecule has 1 atom stereocenters. The summed E-state index contributed by atoms with van der Waals surface area (Å²) >= 11 is 0. The predicted octanol–water partition coefficient (Wildman–Crippen LogP) is 3.38. The summed E-state index contributed by atoms with van der Waals surface area (Å²) in [6.45, 7) is 4.21. The summed E-state index contributed by atoms with van der Waals surface area (Å²) in [4.78, 5) is 14.7. The van der Waals surface area contributed by atoms with Gasteiger partial charge in [-0.1, -0.05) is 17.3 Å². The van der Waals surface area contributed by atoms with Gasteiger partial charge in [0, 0.05) is 17.7 Å². The Hall–Kier alpha value is -2.87. The first kappa shape index (κ1) is 19.4. The van der Waals surface area contributed by atoms with Crippen LogP contribution in [0.1, 0.15) is 33.8 Å². The number of sulfone groups is 1. The van der Waals surface area contributed by atoms with E-state index in [2.05, 4.69) is 5.16 Å². The van der Waals surface area contributed by atoms with Crippen molar-refractivity contribution in [3.63, 3.8) is 0 Å². The first-order chi connectivity index (χ1) is 13.8. The molecular weight excluding hydrogens is 392 g/mol. The molecule has 1 aromatic carbocycles. The smallest absolute Gasteiger partial charge is 0.276 e. The number of hydrogen-bond donors (Lipinski definition) is 0. The Kier molecular flexibility index (Phi) is 5.04. The Balaban J connectivity index is 1.62. The number of furan rings is 1. The molecule has 7 nitrogen and oxygen atoms in total. The summed E-state index contributed by atoms with van der Waals surface area (Å²) in [6.07, 6.45) is 1.92. The largest absolute Gasteiger partial charge is 0.467 e. The van der Waals surface area contributed by atoms with Crippen LogP contribution >= 0.6 is 0 Å². The van der Waals surface area contributed by atoms with Gasteiger partial charge in [0.15, 0.2) is 21.3 Å². The van der Waals surface area contributed by atoms with E-state index < -0.39 is 15.9 Å². The summed E-state index contributed by atoms with van der Waals surface area (Å²) in [5.41, 5.74) is 3.26. The number of aromatic nitrogens is 1. The molecule has 1 aliphatic rings. The van der Waals surface area contributed by atoms with E-state index in [1.807, 2.05) is 32.0 Å². The van der Waals surface area contributed by atoms with Crippen molar-refractivity contribution in [2.75, 3.05) is 11.5 Å². The van der Waals surface area contributed by atoms with Gasteiger partial charge in [-0.15, -0.1) is 0 Å². The van der Waals surface area contributed by atoms with E-state index >= 15 is 0 Å². The van der Waals surface area contributed by atoms with Crippen LogP contribution in [0.5, 0.6) is 0 Å². The van der Waals surface area contributed by atoms with Crippen LogP contribution in [0, 0.1) is 13.8 Å². The molecule has 0 spiro atoms. The fourth-order valence-electron chi connectivity index (χ4n) is 3.51. The van der Waals surface area contributed by atoms with Crippen LogP contribution in [0.3, 0.4) is 0 Å². The zero-order valence-corrected chi connectivity index (χ0v) is 17.1. The molecule has 1 fully saturated rings. The molecule has 3 aromatic rings. The highest BCUT2D eigenvalue weighted by molar-refractivity contribution is 7.91. The van der Waals surface area contributed by atoms with Crippen molar-refractivity contribution in [1.82, 2.24) is 10.1 Å². The van der Waals surface area contributed by atoms with Crippen molar-refractivity contribution in [3.05, 3.63) is 65.2 Å². The predicted molar refractivity (Wildman–Crippen MR) is 107 cm³/mol. The topological polar surface area (TPSA) is 93.6 Å². The number of amides is 1. The van der Waals surface area contributed by atoms with Gasteiger partial charge in [-0.3, -0.25) is 4.79 Å². The maximum Gasteiger partial charge on any atom is 0.276 e. The van der Waals surface area contributed by atoms with Crippen LogP contribution in [0.2, 0.25) is 0 Å². The zero-order valence-electron chi connectivity index (χ0n) is 16.3. The summed E-state index contributed by atoms with van der Waals surface area (Å²) in [5.74, 6) is 0.726. The van der Waals surface area contributed by atoms with Crippen molar-refractivity contribution in [2.45, 2.75) is 32.9 Å². The van der Waals surface area contributed by atoms with Gasteiger partial charge >= 0.3 is 0 Å². The average molecular weight is 414 g/mol.